The second-order valence-corrected chi connectivity index (χ2v) is 6.40. The lowest BCUT2D eigenvalue weighted by Crippen LogP contribution is -2.49. The lowest BCUT2D eigenvalue weighted by atomic mass is 9.80. The van der Waals surface area contributed by atoms with E-state index in [1.807, 2.05) is 4.90 Å². The van der Waals surface area contributed by atoms with Crippen molar-refractivity contribution in [2.75, 3.05) is 19.6 Å². The zero-order chi connectivity index (χ0) is 13.2. The Hall–Kier alpha value is -0.770. The summed E-state index contributed by atoms with van der Waals surface area (Å²) in [5.74, 6) is 0.322. The molecule has 2 saturated heterocycles. The molecule has 3 atom stereocenters. The van der Waals surface area contributed by atoms with Gasteiger partial charge < -0.3 is 14.9 Å². The number of nitrogens with zero attached hydrogens (tertiary/aromatic N) is 2. The van der Waals surface area contributed by atoms with Gasteiger partial charge in [-0.3, -0.25) is 0 Å². The van der Waals surface area contributed by atoms with E-state index >= 15 is 0 Å². The van der Waals surface area contributed by atoms with Crippen LogP contribution < -0.4 is 0 Å². The molecule has 0 bridgehead atoms. The van der Waals surface area contributed by atoms with Gasteiger partial charge in [0.2, 0.25) is 0 Å². The summed E-state index contributed by atoms with van der Waals surface area (Å²) in [5, 5.41) is 10.2. The Kier molecular flexibility index (Phi) is 3.96. The number of amides is 2. The van der Waals surface area contributed by atoms with Gasteiger partial charge in [0, 0.05) is 31.6 Å². The number of likely N-dealkylation sites (tertiary alicyclic amines) is 2. The summed E-state index contributed by atoms with van der Waals surface area (Å²) >= 11 is 0. The summed E-state index contributed by atoms with van der Waals surface area (Å²) in [6.45, 7) is 2.74. The largest absolute Gasteiger partial charge is 0.393 e. The minimum atomic E-state index is -0.189. The molecule has 0 radical (unpaired) electrons. The molecule has 1 aliphatic carbocycles. The monoisotopic (exact) mass is 266 g/mol. The van der Waals surface area contributed by atoms with E-state index in [4.69, 9.17) is 0 Å². The van der Waals surface area contributed by atoms with Crippen LogP contribution in [-0.2, 0) is 0 Å². The number of carbonyl (C=O) groups is 1. The van der Waals surface area contributed by atoms with E-state index in [0.29, 0.717) is 12.0 Å². The number of urea groups is 1. The lowest BCUT2D eigenvalue weighted by Gasteiger charge is -2.38. The van der Waals surface area contributed by atoms with Gasteiger partial charge >= 0.3 is 6.03 Å². The van der Waals surface area contributed by atoms with E-state index in [2.05, 4.69) is 4.90 Å². The first kappa shape index (κ1) is 13.2. The van der Waals surface area contributed by atoms with Gasteiger partial charge in [-0.2, -0.15) is 0 Å². The van der Waals surface area contributed by atoms with Crippen molar-refractivity contribution >= 4 is 6.03 Å². The van der Waals surface area contributed by atoms with Crippen LogP contribution in [0, 0.1) is 5.92 Å². The number of hydrogen-bond donors (Lipinski definition) is 1. The standard InChI is InChI=1S/C15H26N2O2/c18-14-8-2-1-6-12(14)13-7-5-11-17(13)15(19)16-9-3-4-10-16/h12-14,18H,1-11H2. The molecular formula is C15H26N2O2. The second kappa shape index (κ2) is 5.70. The highest BCUT2D eigenvalue weighted by molar-refractivity contribution is 5.75. The smallest absolute Gasteiger partial charge is 0.320 e. The van der Waals surface area contributed by atoms with Crippen LogP contribution in [0.2, 0.25) is 0 Å². The lowest BCUT2D eigenvalue weighted by molar-refractivity contribution is 0.0272. The third-order valence-corrected chi connectivity index (χ3v) is 5.20. The fourth-order valence-corrected chi connectivity index (χ4v) is 4.15. The van der Waals surface area contributed by atoms with Crippen molar-refractivity contribution in [3.8, 4) is 0 Å². The van der Waals surface area contributed by atoms with E-state index in [-0.39, 0.29) is 12.1 Å². The molecule has 3 fully saturated rings. The molecular weight excluding hydrogens is 240 g/mol. The number of aliphatic hydroxyl groups is 1. The normalized spacial score (nSPS) is 35.9. The average molecular weight is 266 g/mol. The maximum Gasteiger partial charge on any atom is 0.320 e. The number of rotatable bonds is 1. The van der Waals surface area contributed by atoms with Crippen molar-refractivity contribution in [1.82, 2.24) is 9.80 Å². The predicted molar refractivity (Wildman–Crippen MR) is 73.9 cm³/mol. The van der Waals surface area contributed by atoms with Gasteiger partial charge in [-0.25, -0.2) is 4.79 Å². The molecule has 0 spiro atoms. The maximum absolute atomic E-state index is 12.6. The van der Waals surface area contributed by atoms with Crippen molar-refractivity contribution in [2.45, 2.75) is 63.5 Å². The molecule has 4 heteroatoms. The van der Waals surface area contributed by atoms with Gasteiger partial charge in [0.15, 0.2) is 0 Å². The van der Waals surface area contributed by atoms with Gasteiger partial charge in [-0.05, 0) is 38.5 Å². The summed E-state index contributed by atoms with van der Waals surface area (Å²) in [6, 6.07) is 0.529. The van der Waals surface area contributed by atoms with Crippen LogP contribution in [0.15, 0.2) is 0 Å². The number of aliphatic hydroxyl groups excluding tert-OH is 1. The zero-order valence-electron chi connectivity index (χ0n) is 11.8. The SMILES string of the molecule is O=C(N1CCCC1)N1CCCC1C1CCCCC1O. The fraction of sp³-hybridized carbons (Fsp3) is 0.933. The molecule has 3 unspecified atom stereocenters. The molecule has 108 valence electrons. The molecule has 4 nitrogen and oxygen atoms in total. The van der Waals surface area contributed by atoms with Crippen LogP contribution in [0.5, 0.6) is 0 Å². The third-order valence-electron chi connectivity index (χ3n) is 5.20. The first-order valence-electron chi connectivity index (χ1n) is 8.01. The highest BCUT2D eigenvalue weighted by Gasteiger charge is 2.40. The van der Waals surface area contributed by atoms with Crippen molar-refractivity contribution in [1.29, 1.82) is 0 Å². The summed E-state index contributed by atoms with van der Waals surface area (Å²) in [7, 11) is 0. The molecule has 1 N–H and O–H groups in total. The highest BCUT2D eigenvalue weighted by Crippen LogP contribution is 2.35. The minimum Gasteiger partial charge on any atom is -0.393 e. The molecule has 2 aliphatic heterocycles. The summed E-state index contributed by atoms with van der Waals surface area (Å²) < 4.78 is 0. The molecule has 2 heterocycles. The van der Waals surface area contributed by atoms with E-state index in [0.717, 1.165) is 64.6 Å². The molecule has 3 rings (SSSR count). The predicted octanol–water partition coefficient (Wildman–Crippen LogP) is 2.22. The Labute approximate surface area is 115 Å². The van der Waals surface area contributed by atoms with Crippen molar-refractivity contribution < 1.29 is 9.90 Å². The second-order valence-electron chi connectivity index (χ2n) is 6.40. The molecule has 1 saturated carbocycles. The van der Waals surface area contributed by atoms with Crippen LogP contribution in [0.1, 0.15) is 51.4 Å². The van der Waals surface area contributed by atoms with Gasteiger partial charge in [0.1, 0.15) is 0 Å². The molecule has 2 amide bonds. The van der Waals surface area contributed by atoms with Gasteiger partial charge in [-0.15, -0.1) is 0 Å². The van der Waals surface area contributed by atoms with E-state index in [1.165, 1.54) is 6.42 Å². The van der Waals surface area contributed by atoms with E-state index in [1.54, 1.807) is 0 Å². The molecule has 3 aliphatic rings. The number of hydrogen-bond acceptors (Lipinski definition) is 2. The van der Waals surface area contributed by atoms with Crippen molar-refractivity contribution in [2.24, 2.45) is 5.92 Å². The molecule has 19 heavy (non-hydrogen) atoms. The van der Waals surface area contributed by atoms with Crippen molar-refractivity contribution in [3.05, 3.63) is 0 Å². The molecule has 0 aromatic rings. The highest BCUT2D eigenvalue weighted by atomic mass is 16.3. The Morgan fingerprint density at radius 1 is 0.895 bits per heavy atom. The van der Waals surface area contributed by atoms with Crippen LogP contribution in [0.4, 0.5) is 4.79 Å². The van der Waals surface area contributed by atoms with Crippen LogP contribution >= 0.6 is 0 Å². The Morgan fingerprint density at radius 3 is 2.37 bits per heavy atom. The van der Waals surface area contributed by atoms with Crippen LogP contribution in [0.3, 0.4) is 0 Å². The summed E-state index contributed by atoms with van der Waals surface area (Å²) in [4.78, 5) is 16.7. The first-order chi connectivity index (χ1) is 9.27. The fourth-order valence-electron chi connectivity index (χ4n) is 4.15. The Morgan fingerprint density at radius 2 is 1.63 bits per heavy atom. The third kappa shape index (κ3) is 2.60. The van der Waals surface area contributed by atoms with E-state index < -0.39 is 0 Å². The zero-order valence-corrected chi connectivity index (χ0v) is 11.8. The van der Waals surface area contributed by atoms with Crippen molar-refractivity contribution in [3.63, 3.8) is 0 Å². The van der Waals surface area contributed by atoms with Gasteiger partial charge in [-0.1, -0.05) is 12.8 Å². The van der Waals surface area contributed by atoms with Gasteiger partial charge in [0.25, 0.3) is 0 Å². The maximum atomic E-state index is 12.6. The average Bonchev–Trinajstić information content (AvgIpc) is 3.10. The van der Waals surface area contributed by atoms with Crippen LogP contribution in [0.25, 0.3) is 0 Å². The molecule has 0 aromatic carbocycles. The van der Waals surface area contributed by atoms with Crippen LogP contribution in [-0.4, -0.2) is 52.7 Å². The Balaban J connectivity index is 1.68. The molecule has 0 aromatic heterocycles. The summed E-state index contributed by atoms with van der Waals surface area (Å²) in [6.07, 6.45) is 8.67. The van der Waals surface area contributed by atoms with E-state index in [9.17, 15) is 9.90 Å². The van der Waals surface area contributed by atoms with Gasteiger partial charge in [0.05, 0.1) is 6.10 Å². The topological polar surface area (TPSA) is 43.8 Å². The quantitative estimate of drug-likeness (QED) is 0.791. The first-order valence-corrected chi connectivity index (χ1v) is 8.01. The Bertz CT molecular complexity index is 328. The number of carbonyl (C=O) groups excluding carboxylic acids is 1. The minimum absolute atomic E-state index is 0.189. The summed E-state index contributed by atoms with van der Waals surface area (Å²) in [5.41, 5.74) is 0.